The summed E-state index contributed by atoms with van der Waals surface area (Å²) in [4.78, 5) is 17.3. The SMILES string of the molecule is Cc1ccc(NCc2cnc[nH]2)c([N+](=O)[O-])c1. The highest BCUT2D eigenvalue weighted by Gasteiger charge is 2.13. The van der Waals surface area contributed by atoms with E-state index < -0.39 is 0 Å². The van der Waals surface area contributed by atoms with Crippen molar-refractivity contribution in [1.82, 2.24) is 9.97 Å². The van der Waals surface area contributed by atoms with Crippen LogP contribution in [0.15, 0.2) is 30.7 Å². The molecule has 17 heavy (non-hydrogen) atoms. The number of hydrogen-bond donors (Lipinski definition) is 2. The standard InChI is InChI=1S/C11H12N4O2/c1-8-2-3-10(11(4-8)15(16)17)13-6-9-5-12-7-14-9/h2-5,7,13H,6H2,1H3,(H,12,14). The van der Waals surface area contributed by atoms with Crippen LogP contribution < -0.4 is 5.32 Å². The Kier molecular flexibility index (Phi) is 3.04. The summed E-state index contributed by atoms with van der Waals surface area (Å²) in [6.07, 6.45) is 3.24. The number of nitrogens with one attached hydrogen (secondary N) is 2. The van der Waals surface area contributed by atoms with E-state index in [4.69, 9.17) is 0 Å². The van der Waals surface area contributed by atoms with Crippen molar-refractivity contribution in [2.75, 3.05) is 5.32 Å². The Morgan fingerprint density at radius 3 is 3.00 bits per heavy atom. The monoisotopic (exact) mass is 232 g/mol. The lowest BCUT2D eigenvalue weighted by atomic mass is 10.2. The number of nitro benzene ring substituents is 1. The molecule has 2 aromatic rings. The Hall–Kier alpha value is -2.37. The Morgan fingerprint density at radius 1 is 1.53 bits per heavy atom. The van der Waals surface area contributed by atoms with E-state index in [2.05, 4.69) is 15.3 Å². The first-order valence-electron chi connectivity index (χ1n) is 5.13. The number of benzene rings is 1. The molecule has 0 spiro atoms. The second-order valence-electron chi connectivity index (χ2n) is 3.71. The van der Waals surface area contributed by atoms with Gasteiger partial charge in [0.25, 0.3) is 5.69 Å². The normalized spacial score (nSPS) is 10.2. The van der Waals surface area contributed by atoms with E-state index >= 15 is 0 Å². The molecule has 0 saturated carbocycles. The zero-order chi connectivity index (χ0) is 12.3. The number of hydrogen-bond acceptors (Lipinski definition) is 4. The van der Waals surface area contributed by atoms with E-state index in [0.29, 0.717) is 12.2 Å². The van der Waals surface area contributed by atoms with E-state index in [1.807, 2.05) is 13.0 Å². The van der Waals surface area contributed by atoms with Crippen LogP contribution in [-0.4, -0.2) is 14.9 Å². The van der Waals surface area contributed by atoms with Crippen molar-refractivity contribution in [3.8, 4) is 0 Å². The molecular weight excluding hydrogens is 220 g/mol. The minimum absolute atomic E-state index is 0.0875. The number of H-pyrrole nitrogens is 1. The molecular formula is C11H12N4O2. The largest absolute Gasteiger partial charge is 0.374 e. The molecule has 0 aliphatic rings. The number of anilines is 1. The topological polar surface area (TPSA) is 83.8 Å². The van der Waals surface area contributed by atoms with Crippen molar-refractivity contribution in [2.45, 2.75) is 13.5 Å². The van der Waals surface area contributed by atoms with Crippen molar-refractivity contribution in [2.24, 2.45) is 0 Å². The van der Waals surface area contributed by atoms with Crippen molar-refractivity contribution >= 4 is 11.4 Å². The first kappa shape index (κ1) is 11.1. The van der Waals surface area contributed by atoms with Crippen molar-refractivity contribution in [1.29, 1.82) is 0 Å². The first-order valence-corrected chi connectivity index (χ1v) is 5.13. The maximum atomic E-state index is 10.9. The zero-order valence-corrected chi connectivity index (χ0v) is 9.30. The lowest BCUT2D eigenvalue weighted by molar-refractivity contribution is -0.384. The van der Waals surface area contributed by atoms with Crippen LogP contribution in [0, 0.1) is 17.0 Å². The Labute approximate surface area is 97.9 Å². The van der Waals surface area contributed by atoms with Crippen LogP contribution in [0.3, 0.4) is 0 Å². The van der Waals surface area contributed by atoms with Crippen LogP contribution in [0.25, 0.3) is 0 Å². The molecule has 0 amide bonds. The molecule has 6 heteroatoms. The second-order valence-corrected chi connectivity index (χ2v) is 3.71. The maximum Gasteiger partial charge on any atom is 0.292 e. The fraction of sp³-hybridized carbons (Fsp3) is 0.182. The van der Waals surface area contributed by atoms with Crippen molar-refractivity contribution in [3.05, 3.63) is 52.1 Å². The maximum absolute atomic E-state index is 10.9. The molecule has 0 bridgehead atoms. The summed E-state index contributed by atoms with van der Waals surface area (Å²) < 4.78 is 0. The highest BCUT2D eigenvalue weighted by molar-refractivity contribution is 5.62. The second kappa shape index (κ2) is 4.65. The predicted molar refractivity (Wildman–Crippen MR) is 63.7 cm³/mol. The molecule has 6 nitrogen and oxygen atoms in total. The third kappa shape index (κ3) is 2.60. The average Bonchev–Trinajstić information content (AvgIpc) is 2.80. The highest BCUT2D eigenvalue weighted by Crippen LogP contribution is 2.25. The van der Waals surface area contributed by atoms with Crippen LogP contribution >= 0.6 is 0 Å². The van der Waals surface area contributed by atoms with Gasteiger partial charge in [-0.25, -0.2) is 4.98 Å². The number of rotatable bonds is 4. The van der Waals surface area contributed by atoms with E-state index in [1.54, 1.807) is 24.7 Å². The first-order chi connectivity index (χ1) is 8.16. The summed E-state index contributed by atoms with van der Waals surface area (Å²) in [5, 5.41) is 13.9. The highest BCUT2D eigenvalue weighted by atomic mass is 16.6. The molecule has 0 aliphatic carbocycles. The number of nitrogens with zero attached hydrogens (tertiary/aromatic N) is 2. The minimum atomic E-state index is -0.387. The summed E-state index contributed by atoms with van der Waals surface area (Å²) >= 11 is 0. The third-order valence-electron chi connectivity index (χ3n) is 2.37. The van der Waals surface area contributed by atoms with Crippen molar-refractivity contribution in [3.63, 3.8) is 0 Å². The summed E-state index contributed by atoms with van der Waals surface area (Å²) in [5.41, 5.74) is 2.34. The Bertz CT molecular complexity index is 522. The average molecular weight is 232 g/mol. The number of aromatic nitrogens is 2. The van der Waals surface area contributed by atoms with Gasteiger partial charge in [-0.15, -0.1) is 0 Å². The molecule has 1 aromatic heterocycles. The van der Waals surface area contributed by atoms with Gasteiger partial charge >= 0.3 is 0 Å². The lowest BCUT2D eigenvalue weighted by Crippen LogP contribution is -2.03. The van der Waals surface area contributed by atoms with Crippen LogP contribution in [0.2, 0.25) is 0 Å². The summed E-state index contributed by atoms with van der Waals surface area (Å²) in [5.74, 6) is 0. The predicted octanol–water partition coefficient (Wildman–Crippen LogP) is 2.24. The van der Waals surface area contributed by atoms with Crippen LogP contribution in [0.5, 0.6) is 0 Å². The zero-order valence-electron chi connectivity index (χ0n) is 9.30. The summed E-state index contributed by atoms with van der Waals surface area (Å²) in [6, 6.07) is 5.10. The molecule has 0 saturated heterocycles. The fourth-order valence-electron chi connectivity index (χ4n) is 1.51. The van der Waals surface area contributed by atoms with Gasteiger partial charge in [0.1, 0.15) is 5.69 Å². The summed E-state index contributed by atoms with van der Waals surface area (Å²) in [6.45, 7) is 2.30. The molecule has 88 valence electrons. The van der Waals surface area contributed by atoms with E-state index in [9.17, 15) is 10.1 Å². The number of aromatic amines is 1. The number of nitro groups is 1. The number of aryl methyl sites for hydroxylation is 1. The molecule has 1 aromatic carbocycles. The molecule has 0 atom stereocenters. The van der Waals surface area contributed by atoms with Gasteiger partial charge in [0.05, 0.1) is 23.5 Å². The van der Waals surface area contributed by atoms with E-state index in [0.717, 1.165) is 11.3 Å². The quantitative estimate of drug-likeness (QED) is 0.625. The molecule has 2 N–H and O–H groups in total. The van der Waals surface area contributed by atoms with Gasteiger partial charge in [-0.05, 0) is 18.6 Å². The molecule has 2 rings (SSSR count). The molecule has 0 unspecified atom stereocenters. The van der Waals surface area contributed by atoms with Gasteiger partial charge in [0.15, 0.2) is 0 Å². The Balaban J connectivity index is 2.17. The molecule has 0 radical (unpaired) electrons. The van der Waals surface area contributed by atoms with Crippen LogP contribution in [0.4, 0.5) is 11.4 Å². The molecule has 0 aliphatic heterocycles. The summed E-state index contributed by atoms with van der Waals surface area (Å²) in [7, 11) is 0. The lowest BCUT2D eigenvalue weighted by Gasteiger charge is -2.06. The van der Waals surface area contributed by atoms with Crippen LogP contribution in [-0.2, 0) is 6.54 Å². The smallest absolute Gasteiger partial charge is 0.292 e. The van der Waals surface area contributed by atoms with Gasteiger partial charge in [0.2, 0.25) is 0 Å². The van der Waals surface area contributed by atoms with Gasteiger partial charge in [0, 0.05) is 12.3 Å². The van der Waals surface area contributed by atoms with Crippen molar-refractivity contribution < 1.29 is 4.92 Å². The van der Waals surface area contributed by atoms with Gasteiger partial charge in [-0.1, -0.05) is 6.07 Å². The van der Waals surface area contributed by atoms with Gasteiger partial charge in [-0.3, -0.25) is 10.1 Å². The fourth-order valence-corrected chi connectivity index (χ4v) is 1.51. The van der Waals surface area contributed by atoms with Gasteiger partial charge in [-0.2, -0.15) is 0 Å². The van der Waals surface area contributed by atoms with E-state index in [-0.39, 0.29) is 10.6 Å². The molecule has 1 heterocycles. The minimum Gasteiger partial charge on any atom is -0.374 e. The number of imidazole rings is 1. The third-order valence-corrected chi connectivity index (χ3v) is 2.37. The van der Waals surface area contributed by atoms with Gasteiger partial charge < -0.3 is 10.3 Å². The Morgan fingerprint density at radius 2 is 2.35 bits per heavy atom. The molecule has 0 fully saturated rings. The van der Waals surface area contributed by atoms with E-state index in [1.165, 1.54) is 0 Å². The van der Waals surface area contributed by atoms with Crippen LogP contribution in [0.1, 0.15) is 11.3 Å².